The molecule has 1 atom stereocenters. The van der Waals surface area contributed by atoms with Crippen molar-refractivity contribution >= 4 is 5.97 Å². The summed E-state index contributed by atoms with van der Waals surface area (Å²) < 4.78 is 0. The van der Waals surface area contributed by atoms with E-state index in [1.807, 2.05) is 0 Å². The van der Waals surface area contributed by atoms with E-state index in [0.717, 1.165) is 38.5 Å². The Balaban J connectivity index is 4.29. The van der Waals surface area contributed by atoms with Crippen LogP contribution in [0.2, 0.25) is 0 Å². The van der Waals surface area contributed by atoms with Crippen LogP contribution < -0.4 is 0 Å². The molecule has 0 heterocycles. The molecule has 0 fully saturated rings. The molecular weight excluding hydrogens is 657 g/mol. The molecule has 0 saturated heterocycles. The van der Waals surface area contributed by atoms with Gasteiger partial charge in [-0.15, -0.1) is 0 Å². The van der Waals surface area contributed by atoms with Gasteiger partial charge in [-0.1, -0.05) is 303 Å². The molecule has 0 rings (SSSR count). The van der Waals surface area contributed by atoms with Gasteiger partial charge in [-0.25, -0.2) is 0 Å². The van der Waals surface area contributed by atoms with Crippen molar-refractivity contribution in [3.05, 3.63) is 0 Å². The Bertz CT molecular complexity index is 702. The van der Waals surface area contributed by atoms with Gasteiger partial charge in [0.15, 0.2) is 0 Å². The van der Waals surface area contributed by atoms with Crippen molar-refractivity contribution in [1.82, 2.24) is 0 Å². The summed E-state index contributed by atoms with van der Waals surface area (Å²) in [4.78, 5) is 12.9. The largest absolute Gasteiger partial charge is 0.481 e. The zero-order valence-corrected chi connectivity index (χ0v) is 38.1. The molecule has 0 bridgehead atoms. The first-order valence-corrected chi connectivity index (χ1v) is 25.9. The van der Waals surface area contributed by atoms with E-state index < -0.39 is 11.4 Å². The number of hydrogen-bond donors (Lipinski definition) is 1. The average Bonchev–Trinajstić information content (AvgIpc) is 3.17. The Hall–Kier alpha value is -0.530. The summed E-state index contributed by atoms with van der Waals surface area (Å²) in [5.74, 6) is -0.479. The minimum absolute atomic E-state index is 0.468. The summed E-state index contributed by atoms with van der Waals surface area (Å²) in [6.07, 6.45) is 62.9. The standard InChI is InChI=1S/C52H104O2/c1-4-7-10-13-16-19-22-25-27-28-29-30-32-35-38-41-44-47-50-52(51(53)54,48-45-42-39-36-33-24-21-18-15-12-9-6-3)49-46-43-40-37-34-31-26-23-20-17-14-11-8-5-2/h4-50H2,1-3H3,(H,53,54). The average molecular weight is 761 g/mol. The van der Waals surface area contributed by atoms with E-state index >= 15 is 0 Å². The van der Waals surface area contributed by atoms with Gasteiger partial charge in [-0.05, 0) is 19.3 Å². The van der Waals surface area contributed by atoms with Crippen LogP contribution in [0.4, 0.5) is 0 Å². The SMILES string of the molecule is CCCCCCCCCCCCCCCCCCCCC(CCCCCCCCCCCCCC)(CCCCCCCCCCCCCCCC)C(=O)O. The van der Waals surface area contributed by atoms with Gasteiger partial charge in [0.05, 0.1) is 5.41 Å². The summed E-state index contributed by atoms with van der Waals surface area (Å²) in [6.45, 7) is 6.89. The normalized spacial score (nSPS) is 12.8. The predicted molar refractivity (Wildman–Crippen MR) is 244 cm³/mol. The molecule has 1 unspecified atom stereocenters. The van der Waals surface area contributed by atoms with Gasteiger partial charge in [0.25, 0.3) is 0 Å². The van der Waals surface area contributed by atoms with Crippen LogP contribution >= 0.6 is 0 Å². The molecule has 0 aromatic heterocycles. The minimum atomic E-state index is -0.479. The predicted octanol–water partition coefficient (Wildman–Crippen LogP) is 19.5. The molecule has 0 amide bonds. The van der Waals surface area contributed by atoms with Crippen LogP contribution in [0.1, 0.15) is 323 Å². The van der Waals surface area contributed by atoms with E-state index in [-0.39, 0.29) is 0 Å². The number of rotatable bonds is 48. The van der Waals surface area contributed by atoms with Crippen LogP contribution in [-0.4, -0.2) is 11.1 Å². The Morgan fingerprint density at radius 1 is 0.259 bits per heavy atom. The summed E-state index contributed by atoms with van der Waals surface area (Å²) >= 11 is 0. The Morgan fingerprint density at radius 2 is 0.389 bits per heavy atom. The highest BCUT2D eigenvalue weighted by Gasteiger charge is 2.36. The van der Waals surface area contributed by atoms with Crippen molar-refractivity contribution in [2.45, 2.75) is 323 Å². The van der Waals surface area contributed by atoms with Gasteiger partial charge in [0.2, 0.25) is 0 Å². The van der Waals surface area contributed by atoms with Gasteiger partial charge in [0, 0.05) is 0 Å². The van der Waals surface area contributed by atoms with Crippen molar-refractivity contribution in [1.29, 1.82) is 0 Å². The number of hydrogen-bond acceptors (Lipinski definition) is 1. The highest BCUT2D eigenvalue weighted by Crippen LogP contribution is 2.38. The number of unbranched alkanes of at least 4 members (excludes halogenated alkanes) is 41. The third kappa shape index (κ3) is 38.3. The molecule has 2 heteroatoms. The van der Waals surface area contributed by atoms with Gasteiger partial charge in [-0.3, -0.25) is 4.79 Å². The van der Waals surface area contributed by atoms with Gasteiger partial charge < -0.3 is 5.11 Å². The molecule has 0 aliphatic heterocycles. The van der Waals surface area contributed by atoms with Crippen molar-refractivity contribution in [2.75, 3.05) is 0 Å². The lowest BCUT2D eigenvalue weighted by molar-refractivity contribution is -0.150. The molecular formula is C52H104O2. The summed E-state index contributed by atoms with van der Waals surface area (Å²) in [5.41, 5.74) is -0.468. The van der Waals surface area contributed by atoms with Gasteiger partial charge in [-0.2, -0.15) is 0 Å². The zero-order chi connectivity index (χ0) is 39.3. The van der Waals surface area contributed by atoms with Crippen LogP contribution in [0.25, 0.3) is 0 Å². The summed E-state index contributed by atoms with van der Waals surface area (Å²) in [5, 5.41) is 10.6. The van der Waals surface area contributed by atoms with Crippen molar-refractivity contribution < 1.29 is 9.90 Å². The molecule has 2 nitrogen and oxygen atoms in total. The maximum absolute atomic E-state index is 12.9. The minimum Gasteiger partial charge on any atom is -0.481 e. The van der Waals surface area contributed by atoms with Gasteiger partial charge in [0.1, 0.15) is 0 Å². The van der Waals surface area contributed by atoms with Crippen LogP contribution in [-0.2, 0) is 4.79 Å². The maximum atomic E-state index is 12.9. The molecule has 0 radical (unpaired) electrons. The quantitative estimate of drug-likeness (QED) is 0.0627. The van der Waals surface area contributed by atoms with Crippen LogP contribution in [0.5, 0.6) is 0 Å². The van der Waals surface area contributed by atoms with E-state index in [2.05, 4.69) is 20.8 Å². The number of carbonyl (C=O) groups is 1. The van der Waals surface area contributed by atoms with Crippen molar-refractivity contribution in [3.63, 3.8) is 0 Å². The molecule has 0 aliphatic carbocycles. The maximum Gasteiger partial charge on any atom is 0.309 e. The van der Waals surface area contributed by atoms with E-state index in [4.69, 9.17) is 0 Å². The van der Waals surface area contributed by atoms with E-state index in [0.29, 0.717) is 0 Å². The third-order valence-electron chi connectivity index (χ3n) is 13.0. The lowest BCUT2D eigenvalue weighted by Crippen LogP contribution is -2.31. The zero-order valence-electron chi connectivity index (χ0n) is 38.1. The van der Waals surface area contributed by atoms with Gasteiger partial charge >= 0.3 is 5.97 Å². The molecule has 324 valence electrons. The lowest BCUT2D eigenvalue weighted by atomic mass is 9.74. The second kappa shape index (κ2) is 45.2. The lowest BCUT2D eigenvalue weighted by Gasteiger charge is -2.30. The Kier molecular flexibility index (Phi) is 44.7. The molecule has 0 aliphatic rings. The monoisotopic (exact) mass is 761 g/mol. The number of carboxylic acids is 1. The first kappa shape index (κ1) is 53.5. The third-order valence-corrected chi connectivity index (χ3v) is 13.0. The van der Waals surface area contributed by atoms with Crippen molar-refractivity contribution in [3.8, 4) is 0 Å². The fraction of sp³-hybridized carbons (Fsp3) is 0.981. The molecule has 0 spiro atoms. The molecule has 54 heavy (non-hydrogen) atoms. The highest BCUT2D eigenvalue weighted by molar-refractivity contribution is 5.74. The smallest absolute Gasteiger partial charge is 0.309 e. The molecule has 0 aromatic carbocycles. The van der Waals surface area contributed by atoms with E-state index in [1.54, 1.807) is 0 Å². The summed E-state index contributed by atoms with van der Waals surface area (Å²) in [7, 11) is 0. The van der Waals surface area contributed by atoms with E-state index in [1.165, 1.54) is 263 Å². The Labute approximate surface area is 342 Å². The van der Waals surface area contributed by atoms with Crippen LogP contribution in [0, 0.1) is 5.41 Å². The fourth-order valence-electron chi connectivity index (χ4n) is 9.02. The first-order chi connectivity index (χ1) is 26.6. The van der Waals surface area contributed by atoms with E-state index in [9.17, 15) is 9.90 Å². The molecule has 0 aromatic rings. The Morgan fingerprint density at radius 3 is 0.519 bits per heavy atom. The van der Waals surface area contributed by atoms with Crippen LogP contribution in [0.15, 0.2) is 0 Å². The second-order valence-corrected chi connectivity index (χ2v) is 18.3. The molecule has 1 N–H and O–H groups in total. The molecule has 0 saturated carbocycles. The topological polar surface area (TPSA) is 37.3 Å². The van der Waals surface area contributed by atoms with Crippen LogP contribution in [0.3, 0.4) is 0 Å². The number of aliphatic carboxylic acids is 1. The number of carboxylic acid groups (broad SMARTS) is 1. The van der Waals surface area contributed by atoms with Crippen molar-refractivity contribution in [2.24, 2.45) is 5.41 Å². The summed E-state index contributed by atoms with van der Waals surface area (Å²) in [6, 6.07) is 0. The fourth-order valence-corrected chi connectivity index (χ4v) is 9.02. The highest BCUT2D eigenvalue weighted by atomic mass is 16.4. The second-order valence-electron chi connectivity index (χ2n) is 18.3. The first-order valence-electron chi connectivity index (χ1n) is 25.9.